The van der Waals surface area contributed by atoms with Gasteiger partial charge in [-0.1, -0.05) is 158 Å². The Morgan fingerprint density at radius 3 is 1.98 bits per heavy atom. The molecule has 1 aliphatic carbocycles. The lowest BCUT2D eigenvalue weighted by atomic mass is 9.92. The van der Waals surface area contributed by atoms with Crippen molar-refractivity contribution in [1.82, 2.24) is 9.55 Å². The number of hydrogen-bond acceptors (Lipinski definition) is 3. The van der Waals surface area contributed by atoms with Gasteiger partial charge in [-0.15, -0.1) is 0 Å². The summed E-state index contributed by atoms with van der Waals surface area (Å²) in [7, 11) is 0. The summed E-state index contributed by atoms with van der Waals surface area (Å²) in [6.07, 6.45) is 7.96. The molecule has 0 spiro atoms. The molecule has 0 bridgehead atoms. The Morgan fingerprint density at radius 2 is 1.18 bits per heavy atom. The Labute approximate surface area is 353 Å². The van der Waals surface area contributed by atoms with Crippen molar-refractivity contribution in [3.05, 3.63) is 224 Å². The van der Waals surface area contributed by atoms with Gasteiger partial charge in [0.25, 0.3) is 0 Å². The van der Waals surface area contributed by atoms with Crippen molar-refractivity contribution in [2.45, 2.75) is 12.5 Å². The minimum absolute atomic E-state index is 0.0768. The second kappa shape index (κ2) is 14.4. The van der Waals surface area contributed by atoms with Crippen molar-refractivity contribution in [2.24, 2.45) is 0 Å². The predicted octanol–water partition coefficient (Wildman–Crippen LogP) is 15.1. The van der Waals surface area contributed by atoms with Crippen LogP contribution in [0.25, 0.3) is 88.3 Å². The standard InChI is InChI=1S/C57H39N3O/c1-3-15-41(16-4-1)57-58-55-52(36-42-17-8-10-22-49(42)56(55)61-57)40-28-32-45(33-29-40)59(44-30-26-39(27-31-44)48-24-13-18-38-14-7-9-21-47(38)48)46-34-35-51-50-23-11-12-25-53(50)60(54(51)37-46)43-19-5-2-6-20-43/h1-30,32-37,44H,31H2. The van der Waals surface area contributed by atoms with E-state index in [9.17, 15) is 0 Å². The number of hydrogen-bond donors (Lipinski definition) is 0. The first kappa shape index (κ1) is 35.0. The monoisotopic (exact) mass is 781 g/mol. The van der Waals surface area contributed by atoms with E-state index >= 15 is 0 Å². The normalized spacial score (nSPS) is 14.0. The number of fused-ring (bicyclic) bond motifs is 7. The molecule has 0 aliphatic heterocycles. The predicted molar refractivity (Wildman–Crippen MR) is 255 cm³/mol. The van der Waals surface area contributed by atoms with Gasteiger partial charge in [-0.25, -0.2) is 4.98 Å². The Kier molecular flexibility index (Phi) is 8.27. The van der Waals surface area contributed by atoms with Crippen molar-refractivity contribution in [2.75, 3.05) is 4.90 Å². The molecule has 0 amide bonds. The molecular formula is C57H39N3O. The van der Waals surface area contributed by atoms with Crippen molar-refractivity contribution in [3.63, 3.8) is 0 Å². The minimum atomic E-state index is 0.0768. The molecule has 0 radical (unpaired) electrons. The summed E-state index contributed by atoms with van der Waals surface area (Å²) < 4.78 is 8.96. The molecule has 1 atom stereocenters. The molecule has 12 rings (SSSR count). The van der Waals surface area contributed by atoms with Gasteiger partial charge in [-0.3, -0.25) is 0 Å². The number of benzene rings is 9. The molecule has 1 aliphatic rings. The molecule has 2 aromatic heterocycles. The summed E-state index contributed by atoms with van der Waals surface area (Å²) in [5, 5.41) is 7.19. The highest BCUT2D eigenvalue weighted by atomic mass is 16.3. The average molecular weight is 782 g/mol. The zero-order valence-corrected chi connectivity index (χ0v) is 33.3. The maximum Gasteiger partial charge on any atom is 0.227 e. The number of para-hydroxylation sites is 2. The zero-order valence-electron chi connectivity index (χ0n) is 33.3. The third-order valence-corrected chi connectivity index (χ3v) is 12.3. The van der Waals surface area contributed by atoms with Crippen molar-refractivity contribution < 1.29 is 4.42 Å². The van der Waals surface area contributed by atoms with E-state index in [0.29, 0.717) is 5.89 Å². The lowest BCUT2D eigenvalue weighted by Gasteiger charge is -2.33. The van der Waals surface area contributed by atoms with Gasteiger partial charge >= 0.3 is 0 Å². The first-order valence-corrected chi connectivity index (χ1v) is 21.0. The summed E-state index contributed by atoms with van der Waals surface area (Å²) in [5.41, 5.74) is 13.1. The fourth-order valence-corrected chi connectivity index (χ4v) is 9.44. The molecule has 2 heterocycles. The Balaban J connectivity index is 0.997. The molecule has 288 valence electrons. The fourth-order valence-electron chi connectivity index (χ4n) is 9.44. The highest BCUT2D eigenvalue weighted by molar-refractivity contribution is 6.11. The third-order valence-electron chi connectivity index (χ3n) is 12.3. The first-order chi connectivity index (χ1) is 30.2. The van der Waals surface area contributed by atoms with Crippen LogP contribution >= 0.6 is 0 Å². The largest absolute Gasteiger partial charge is 0.435 e. The van der Waals surface area contributed by atoms with E-state index in [2.05, 4.69) is 198 Å². The summed E-state index contributed by atoms with van der Waals surface area (Å²) in [4.78, 5) is 7.63. The molecule has 9 aromatic carbocycles. The van der Waals surface area contributed by atoms with Gasteiger partial charge in [0.2, 0.25) is 5.89 Å². The number of aromatic nitrogens is 2. The highest BCUT2D eigenvalue weighted by Gasteiger charge is 2.24. The first-order valence-electron chi connectivity index (χ1n) is 21.0. The molecule has 0 saturated carbocycles. The van der Waals surface area contributed by atoms with Crippen LogP contribution in [0.3, 0.4) is 0 Å². The van der Waals surface area contributed by atoms with Crippen molar-refractivity contribution in [1.29, 1.82) is 0 Å². The Hall–Kier alpha value is -7.95. The van der Waals surface area contributed by atoms with E-state index < -0.39 is 0 Å². The van der Waals surface area contributed by atoms with Crippen LogP contribution in [0.5, 0.6) is 0 Å². The number of anilines is 2. The quantitative estimate of drug-likeness (QED) is 0.161. The zero-order chi connectivity index (χ0) is 40.3. The summed E-state index contributed by atoms with van der Waals surface area (Å²) in [5.74, 6) is 0.624. The van der Waals surface area contributed by atoms with Crippen LogP contribution < -0.4 is 4.90 Å². The third kappa shape index (κ3) is 5.95. The van der Waals surface area contributed by atoms with E-state index in [4.69, 9.17) is 9.40 Å². The number of oxazole rings is 1. The Morgan fingerprint density at radius 1 is 0.508 bits per heavy atom. The molecule has 0 saturated heterocycles. The molecule has 0 fully saturated rings. The Bertz CT molecular complexity index is 3500. The van der Waals surface area contributed by atoms with Gasteiger partial charge in [0.15, 0.2) is 5.58 Å². The number of allylic oxidation sites excluding steroid dienone is 2. The van der Waals surface area contributed by atoms with Crippen LogP contribution in [-0.2, 0) is 0 Å². The molecule has 0 N–H and O–H groups in total. The SMILES string of the molecule is C1=CC(N(c2ccc(-c3cc4ccccc4c4oc(-c5ccccc5)nc34)cc2)c2ccc3c4ccccc4n(-c4ccccc4)c3c2)CC=C1c1cccc2ccccc12. The number of nitrogens with zero attached hydrogens (tertiary/aromatic N) is 3. The van der Waals surface area contributed by atoms with E-state index in [1.807, 2.05) is 30.3 Å². The second-order valence-electron chi connectivity index (χ2n) is 15.9. The molecule has 11 aromatic rings. The minimum Gasteiger partial charge on any atom is -0.435 e. The number of rotatable bonds is 7. The molecule has 1 unspecified atom stereocenters. The topological polar surface area (TPSA) is 34.2 Å². The van der Waals surface area contributed by atoms with Crippen LogP contribution in [-0.4, -0.2) is 15.6 Å². The van der Waals surface area contributed by atoms with Crippen LogP contribution in [0.2, 0.25) is 0 Å². The summed E-state index contributed by atoms with van der Waals surface area (Å²) >= 11 is 0. The average Bonchev–Trinajstić information content (AvgIpc) is 3.93. The maximum atomic E-state index is 6.56. The summed E-state index contributed by atoms with van der Waals surface area (Å²) in [6, 6.07) is 71.6. The van der Waals surface area contributed by atoms with Crippen LogP contribution in [0, 0.1) is 0 Å². The van der Waals surface area contributed by atoms with Gasteiger partial charge in [0, 0.05) is 44.3 Å². The van der Waals surface area contributed by atoms with Gasteiger partial charge in [0.1, 0.15) is 5.52 Å². The van der Waals surface area contributed by atoms with E-state index in [-0.39, 0.29) is 6.04 Å². The molecular weight excluding hydrogens is 743 g/mol. The van der Waals surface area contributed by atoms with Crippen LogP contribution in [0.15, 0.2) is 223 Å². The van der Waals surface area contributed by atoms with Crippen molar-refractivity contribution in [3.8, 4) is 28.3 Å². The molecule has 4 heteroatoms. The summed E-state index contributed by atoms with van der Waals surface area (Å²) in [6.45, 7) is 0. The lowest BCUT2D eigenvalue weighted by molar-refractivity contribution is 0.623. The van der Waals surface area contributed by atoms with E-state index in [1.165, 1.54) is 43.7 Å². The van der Waals surface area contributed by atoms with Gasteiger partial charge in [-0.05, 0) is 99.9 Å². The highest BCUT2D eigenvalue weighted by Crippen LogP contribution is 2.42. The van der Waals surface area contributed by atoms with Gasteiger partial charge in [0.05, 0.1) is 17.1 Å². The molecule has 61 heavy (non-hydrogen) atoms. The molecule has 4 nitrogen and oxygen atoms in total. The van der Waals surface area contributed by atoms with Gasteiger partial charge in [-0.2, -0.15) is 0 Å². The smallest absolute Gasteiger partial charge is 0.227 e. The fraction of sp³-hybridized carbons (Fsp3) is 0.0351. The maximum absolute atomic E-state index is 6.56. The van der Waals surface area contributed by atoms with Crippen LogP contribution in [0.4, 0.5) is 11.4 Å². The van der Waals surface area contributed by atoms with Crippen LogP contribution in [0.1, 0.15) is 12.0 Å². The van der Waals surface area contributed by atoms with E-state index in [0.717, 1.165) is 62.0 Å². The van der Waals surface area contributed by atoms with Crippen molar-refractivity contribution >= 4 is 71.4 Å². The lowest BCUT2D eigenvalue weighted by Crippen LogP contribution is -2.30. The van der Waals surface area contributed by atoms with E-state index in [1.54, 1.807) is 0 Å². The van der Waals surface area contributed by atoms with Gasteiger partial charge < -0.3 is 13.9 Å². The second-order valence-corrected chi connectivity index (χ2v) is 15.9.